The number of nitrogens with zero attached hydrogens (tertiary/aromatic N) is 1. The monoisotopic (exact) mass is 218 g/mol. The number of nitrogens with one attached hydrogen (secondary N) is 2. The summed E-state index contributed by atoms with van der Waals surface area (Å²) < 4.78 is 0. The van der Waals surface area contributed by atoms with E-state index in [0.717, 1.165) is 13.2 Å². The number of benzene rings is 1. The summed E-state index contributed by atoms with van der Waals surface area (Å²) in [5.74, 6) is 0.247. The fourth-order valence-corrected chi connectivity index (χ4v) is 1.92. The first kappa shape index (κ1) is 10.8. The molecule has 16 heavy (non-hydrogen) atoms. The van der Waals surface area contributed by atoms with Gasteiger partial charge < -0.3 is 16.0 Å². The van der Waals surface area contributed by atoms with Gasteiger partial charge in [0, 0.05) is 13.0 Å². The molecule has 0 spiro atoms. The molecule has 1 aliphatic rings. The summed E-state index contributed by atoms with van der Waals surface area (Å²) in [6.45, 7) is 5.86. The van der Waals surface area contributed by atoms with Crippen LogP contribution in [0.2, 0.25) is 0 Å². The van der Waals surface area contributed by atoms with Crippen molar-refractivity contribution in [3.05, 3.63) is 23.3 Å². The number of amidine groups is 1. The van der Waals surface area contributed by atoms with Crippen molar-refractivity contribution in [3.63, 3.8) is 0 Å². The maximum atomic E-state index is 7.25. The van der Waals surface area contributed by atoms with Crippen LogP contribution < -0.4 is 16.0 Å². The van der Waals surface area contributed by atoms with E-state index in [4.69, 9.17) is 11.1 Å². The number of hydrogen-bond donors (Lipinski definition) is 3. The normalized spacial score (nSPS) is 13.5. The molecule has 0 fully saturated rings. The SMILES string of the molecule is Cc1cc2c(cc1C)N(CCC(=N)N)CN2. The zero-order chi connectivity index (χ0) is 11.7. The van der Waals surface area contributed by atoms with Gasteiger partial charge in [0.15, 0.2) is 0 Å². The van der Waals surface area contributed by atoms with Crippen LogP contribution in [0.4, 0.5) is 11.4 Å². The smallest absolute Gasteiger partial charge is 0.0923 e. The van der Waals surface area contributed by atoms with Gasteiger partial charge in [0.25, 0.3) is 0 Å². The van der Waals surface area contributed by atoms with Crippen LogP contribution in [0.5, 0.6) is 0 Å². The molecule has 1 aliphatic heterocycles. The van der Waals surface area contributed by atoms with Gasteiger partial charge in [0.1, 0.15) is 0 Å². The van der Waals surface area contributed by atoms with Crippen LogP contribution >= 0.6 is 0 Å². The molecule has 2 rings (SSSR count). The summed E-state index contributed by atoms with van der Waals surface area (Å²) in [5, 5.41) is 10.6. The Balaban J connectivity index is 2.19. The first-order chi connectivity index (χ1) is 7.58. The van der Waals surface area contributed by atoms with Crippen molar-refractivity contribution in [1.82, 2.24) is 0 Å². The van der Waals surface area contributed by atoms with E-state index in [1.807, 2.05) is 0 Å². The number of hydrogen-bond acceptors (Lipinski definition) is 3. The molecule has 4 nitrogen and oxygen atoms in total. The Morgan fingerprint density at radius 1 is 1.44 bits per heavy atom. The Morgan fingerprint density at radius 2 is 2.12 bits per heavy atom. The largest absolute Gasteiger partial charge is 0.388 e. The van der Waals surface area contributed by atoms with E-state index in [1.54, 1.807) is 0 Å². The molecule has 0 atom stereocenters. The van der Waals surface area contributed by atoms with Gasteiger partial charge in [0.05, 0.1) is 23.9 Å². The molecule has 0 saturated heterocycles. The molecule has 4 heteroatoms. The van der Waals surface area contributed by atoms with Gasteiger partial charge >= 0.3 is 0 Å². The highest BCUT2D eigenvalue weighted by molar-refractivity contribution is 5.80. The lowest BCUT2D eigenvalue weighted by Gasteiger charge is -2.18. The van der Waals surface area contributed by atoms with E-state index < -0.39 is 0 Å². The Labute approximate surface area is 96.0 Å². The molecule has 0 amide bonds. The first-order valence-corrected chi connectivity index (χ1v) is 5.51. The average molecular weight is 218 g/mol. The van der Waals surface area contributed by atoms with E-state index >= 15 is 0 Å². The fraction of sp³-hybridized carbons (Fsp3) is 0.417. The second-order valence-electron chi connectivity index (χ2n) is 4.33. The molecular formula is C12H18N4. The third-order valence-corrected chi connectivity index (χ3v) is 3.06. The maximum absolute atomic E-state index is 7.25. The summed E-state index contributed by atoms with van der Waals surface area (Å²) in [6.07, 6.45) is 0.619. The Bertz CT molecular complexity index is 425. The Morgan fingerprint density at radius 3 is 2.81 bits per heavy atom. The van der Waals surface area contributed by atoms with Crippen LogP contribution in [0.1, 0.15) is 17.5 Å². The second kappa shape index (κ2) is 4.04. The van der Waals surface area contributed by atoms with Crippen LogP contribution in [-0.2, 0) is 0 Å². The van der Waals surface area contributed by atoms with Gasteiger partial charge in [-0.05, 0) is 37.1 Å². The number of aryl methyl sites for hydroxylation is 2. The lowest BCUT2D eigenvalue weighted by Crippen LogP contribution is -2.27. The van der Waals surface area contributed by atoms with Gasteiger partial charge in [-0.1, -0.05) is 0 Å². The van der Waals surface area contributed by atoms with Crippen molar-refractivity contribution in [2.75, 3.05) is 23.4 Å². The maximum Gasteiger partial charge on any atom is 0.0923 e. The predicted molar refractivity (Wildman–Crippen MR) is 68.3 cm³/mol. The molecule has 1 aromatic carbocycles. The molecule has 0 aromatic heterocycles. The fourth-order valence-electron chi connectivity index (χ4n) is 1.92. The number of nitrogens with two attached hydrogens (primary N) is 1. The first-order valence-electron chi connectivity index (χ1n) is 5.51. The highest BCUT2D eigenvalue weighted by atomic mass is 15.3. The van der Waals surface area contributed by atoms with E-state index in [0.29, 0.717) is 6.42 Å². The Kier molecular flexibility index (Phi) is 2.73. The minimum absolute atomic E-state index is 0.247. The van der Waals surface area contributed by atoms with E-state index in [1.165, 1.54) is 22.5 Å². The zero-order valence-electron chi connectivity index (χ0n) is 9.80. The standard InChI is InChI=1S/C12H18N4/c1-8-5-10-11(6-9(8)2)16(7-15-10)4-3-12(13)14/h5-6,15H,3-4,7H2,1-2H3,(H3,13,14). The van der Waals surface area contributed by atoms with Crippen molar-refractivity contribution >= 4 is 17.2 Å². The molecule has 1 aromatic rings. The lowest BCUT2D eigenvalue weighted by atomic mass is 10.1. The number of fused-ring (bicyclic) bond motifs is 1. The third-order valence-electron chi connectivity index (χ3n) is 3.06. The van der Waals surface area contributed by atoms with Crippen LogP contribution in [0.25, 0.3) is 0 Å². The van der Waals surface area contributed by atoms with Gasteiger partial charge in [-0.25, -0.2) is 0 Å². The van der Waals surface area contributed by atoms with Crippen molar-refractivity contribution in [2.45, 2.75) is 20.3 Å². The van der Waals surface area contributed by atoms with Gasteiger partial charge in [-0.3, -0.25) is 5.41 Å². The van der Waals surface area contributed by atoms with E-state index in [9.17, 15) is 0 Å². The van der Waals surface area contributed by atoms with Crippen LogP contribution in [0.3, 0.4) is 0 Å². The molecule has 0 unspecified atom stereocenters. The average Bonchev–Trinajstić information content (AvgIpc) is 2.58. The third kappa shape index (κ3) is 1.96. The quantitative estimate of drug-likeness (QED) is 0.535. The molecule has 4 N–H and O–H groups in total. The van der Waals surface area contributed by atoms with E-state index in [2.05, 4.69) is 36.2 Å². The van der Waals surface area contributed by atoms with Crippen molar-refractivity contribution < 1.29 is 0 Å². The van der Waals surface area contributed by atoms with Crippen LogP contribution in [0.15, 0.2) is 12.1 Å². The molecular weight excluding hydrogens is 200 g/mol. The molecule has 0 saturated carbocycles. The van der Waals surface area contributed by atoms with Gasteiger partial charge in [-0.15, -0.1) is 0 Å². The summed E-state index contributed by atoms with van der Waals surface area (Å²) in [4.78, 5) is 2.23. The molecule has 0 aliphatic carbocycles. The summed E-state index contributed by atoms with van der Waals surface area (Å²) in [7, 11) is 0. The van der Waals surface area contributed by atoms with Crippen molar-refractivity contribution in [2.24, 2.45) is 5.73 Å². The molecule has 86 valence electrons. The highest BCUT2D eigenvalue weighted by Crippen LogP contribution is 2.33. The minimum atomic E-state index is 0.247. The van der Waals surface area contributed by atoms with E-state index in [-0.39, 0.29) is 5.84 Å². The Hall–Kier alpha value is -1.71. The van der Waals surface area contributed by atoms with Gasteiger partial charge in [0.2, 0.25) is 0 Å². The molecule has 0 radical (unpaired) electrons. The lowest BCUT2D eigenvalue weighted by molar-refractivity contribution is 0.867. The van der Waals surface area contributed by atoms with Crippen molar-refractivity contribution in [3.8, 4) is 0 Å². The molecule has 0 bridgehead atoms. The zero-order valence-corrected chi connectivity index (χ0v) is 9.80. The summed E-state index contributed by atoms with van der Waals surface area (Å²) in [5.41, 5.74) is 10.4. The van der Waals surface area contributed by atoms with Crippen LogP contribution in [-0.4, -0.2) is 19.0 Å². The summed E-state index contributed by atoms with van der Waals surface area (Å²) in [6, 6.07) is 4.38. The van der Waals surface area contributed by atoms with Crippen molar-refractivity contribution in [1.29, 1.82) is 5.41 Å². The molecule has 1 heterocycles. The van der Waals surface area contributed by atoms with Crippen LogP contribution in [0, 0.1) is 19.3 Å². The minimum Gasteiger partial charge on any atom is -0.388 e. The number of rotatable bonds is 3. The summed E-state index contributed by atoms with van der Waals surface area (Å²) >= 11 is 0. The predicted octanol–water partition coefficient (Wildman–Crippen LogP) is 1.82. The second-order valence-corrected chi connectivity index (χ2v) is 4.33. The topological polar surface area (TPSA) is 65.1 Å². The highest BCUT2D eigenvalue weighted by Gasteiger charge is 2.18. The van der Waals surface area contributed by atoms with Gasteiger partial charge in [-0.2, -0.15) is 0 Å². The number of anilines is 2.